The maximum Gasteiger partial charge on any atom is 2.00 e. The van der Waals surface area contributed by atoms with Crippen LogP contribution in [-0.2, 0) is 32.7 Å². The summed E-state index contributed by atoms with van der Waals surface area (Å²) in [7, 11) is 0. The second-order valence-corrected chi connectivity index (χ2v) is 11.7. The van der Waals surface area contributed by atoms with Gasteiger partial charge in [0.05, 0.1) is 58.8 Å². The molecular formula is C44H40N8O2Ru+2. The summed E-state index contributed by atoms with van der Waals surface area (Å²) in [5, 5.41) is 18.0. The Kier molecular flexibility index (Phi) is 17.2. The third-order valence-electron chi connectivity index (χ3n) is 7.55. The van der Waals surface area contributed by atoms with Crippen LogP contribution in [0.15, 0.2) is 171 Å². The Morgan fingerprint density at radius 3 is 0.855 bits per heavy atom. The molecule has 10 nitrogen and oxygen atoms in total. The third-order valence-corrected chi connectivity index (χ3v) is 7.55. The third kappa shape index (κ3) is 13.6. The number of nitrogens with zero attached hydrogens (tertiary/aromatic N) is 8. The number of pyridine rings is 8. The molecule has 8 aromatic heterocycles. The van der Waals surface area contributed by atoms with E-state index in [0.29, 0.717) is 0 Å². The molecule has 11 heteroatoms. The fraction of sp³-hybridized carbons (Fsp3) is 0.0909. The molecule has 0 aliphatic rings. The van der Waals surface area contributed by atoms with E-state index in [9.17, 15) is 0 Å². The number of aliphatic hydroxyl groups excluding tert-OH is 2. The molecule has 2 N–H and O–H groups in total. The van der Waals surface area contributed by atoms with Crippen molar-refractivity contribution in [3.8, 4) is 45.6 Å². The molecule has 0 atom stereocenters. The Bertz CT molecular complexity index is 2050. The van der Waals surface area contributed by atoms with Crippen molar-refractivity contribution in [2.75, 3.05) is 0 Å². The molecule has 0 saturated carbocycles. The molecule has 0 amide bonds. The molecule has 274 valence electrons. The van der Waals surface area contributed by atoms with Gasteiger partial charge in [0.1, 0.15) is 0 Å². The Morgan fingerprint density at radius 2 is 0.600 bits per heavy atom. The fourth-order valence-electron chi connectivity index (χ4n) is 4.84. The molecule has 0 aliphatic carbocycles. The number of hydrogen-bond donors (Lipinski definition) is 2. The molecular weight excluding hydrogens is 774 g/mol. The standard InChI is InChI=1S/2C12H12N2O.2C10H8N2.Ru/c2*1-9-2-4-13-11(6-9)12-7-10(8-15)3-5-14-12;2*1-3-7-11-9(5-1)10-6-2-4-8-12-10;/h2*2-7,15H,8H2,1H3;2*1-8H;/q;;;;+2. The number of rotatable bonds is 6. The summed E-state index contributed by atoms with van der Waals surface area (Å²) in [4.78, 5) is 33.7. The van der Waals surface area contributed by atoms with E-state index >= 15 is 0 Å². The largest absolute Gasteiger partial charge is 2.00 e. The fourth-order valence-corrected chi connectivity index (χ4v) is 4.84. The second kappa shape index (κ2) is 22.7. The van der Waals surface area contributed by atoms with Crippen LogP contribution in [0.25, 0.3) is 45.6 Å². The molecule has 0 unspecified atom stereocenters. The van der Waals surface area contributed by atoms with Gasteiger partial charge >= 0.3 is 19.5 Å². The summed E-state index contributed by atoms with van der Waals surface area (Å²) in [5.41, 5.74) is 10.9. The normalized spacial score (nSPS) is 9.82. The topological polar surface area (TPSA) is 144 Å². The van der Waals surface area contributed by atoms with E-state index in [1.807, 2.05) is 123 Å². The SMILES string of the molecule is Cc1ccnc(-c2cc(CO)ccn2)c1.Cc1ccnc(-c2cc(CO)ccn2)c1.[Ru+2].c1ccc(-c2ccccn2)nc1.c1ccc(-c2ccccn2)nc1. The zero-order valence-corrected chi connectivity index (χ0v) is 32.1. The summed E-state index contributed by atoms with van der Waals surface area (Å²) in [6, 6.07) is 38.3. The van der Waals surface area contributed by atoms with E-state index < -0.39 is 0 Å². The predicted molar refractivity (Wildman–Crippen MR) is 211 cm³/mol. The van der Waals surface area contributed by atoms with Gasteiger partial charge in [0.25, 0.3) is 0 Å². The molecule has 0 radical (unpaired) electrons. The minimum atomic E-state index is 0. The van der Waals surface area contributed by atoms with Crippen LogP contribution in [0.1, 0.15) is 22.3 Å². The molecule has 0 spiro atoms. The smallest absolute Gasteiger partial charge is 0.392 e. The van der Waals surface area contributed by atoms with Crippen LogP contribution in [0.3, 0.4) is 0 Å². The number of aromatic nitrogens is 8. The molecule has 0 aromatic carbocycles. The van der Waals surface area contributed by atoms with Crippen molar-refractivity contribution in [1.82, 2.24) is 39.9 Å². The molecule has 0 bridgehead atoms. The van der Waals surface area contributed by atoms with Crippen LogP contribution in [0.2, 0.25) is 0 Å². The van der Waals surface area contributed by atoms with E-state index in [2.05, 4.69) is 39.9 Å². The quantitative estimate of drug-likeness (QED) is 0.158. The molecule has 0 fully saturated rings. The first-order chi connectivity index (χ1) is 26.5. The van der Waals surface area contributed by atoms with Gasteiger partial charge in [-0.25, -0.2) is 0 Å². The van der Waals surface area contributed by atoms with Crippen molar-refractivity contribution in [2.24, 2.45) is 0 Å². The summed E-state index contributed by atoms with van der Waals surface area (Å²) in [6.45, 7) is 4.09. The first-order valence-electron chi connectivity index (χ1n) is 17.1. The van der Waals surface area contributed by atoms with Crippen molar-refractivity contribution in [2.45, 2.75) is 27.1 Å². The summed E-state index contributed by atoms with van der Waals surface area (Å²) in [6.07, 6.45) is 14.0. The first-order valence-corrected chi connectivity index (χ1v) is 17.1. The number of aliphatic hydroxyl groups is 2. The van der Waals surface area contributed by atoms with Gasteiger partial charge in [-0.3, -0.25) is 39.9 Å². The van der Waals surface area contributed by atoms with Crippen LogP contribution >= 0.6 is 0 Å². The minimum absolute atomic E-state index is 0. The number of hydrogen-bond acceptors (Lipinski definition) is 10. The van der Waals surface area contributed by atoms with Crippen molar-refractivity contribution in [3.63, 3.8) is 0 Å². The molecule has 55 heavy (non-hydrogen) atoms. The Morgan fingerprint density at radius 1 is 0.327 bits per heavy atom. The van der Waals surface area contributed by atoms with Gasteiger partial charge in [0.2, 0.25) is 0 Å². The van der Waals surface area contributed by atoms with Crippen molar-refractivity contribution < 1.29 is 29.7 Å². The van der Waals surface area contributed by atoms with Crippen molar-refractivity contribution >= 4 is 0 Å². The van der Waals surface area contributed by atoms with Gasteiger partial charge < -0.3 is 10.2 Å². The Labute approximate surface area is 334 Å². The van der Waals surface area contributed by atoms with Crippen LogP contribution in [0.5, 0.6) is 0 Å². The van der Waals surface area contributed by atoms with E-state index in [0.717, 1.165) is 67.8 Å². The van der Waals surface area contributed by atoms with Crippen LogP contribution in [0.4, 0.5) is 0 Å². The van der Waals surface area contributed by atoms with Crippen LogP contribution in [0, 0.1) is 13.8 Å². The summed E-state index contributed by atoms with van der Waals surface area (Å²) >= 11 is 0. The van der Waals surface area contributed by atoms with E-state index in [-0.39, 0.29) is 32.7 Å². The zero-order valence-electron chi connectivity index (χ0n) is 30.4. The van der Waals surface area contributed by atoms with Crippen molar-refractivity contribution in [1.29, 1.82) is 0 Å². The van der Waals surface area contributed by atoms with Gasteiger partial charge in [-0.05, 0) is 133 Å². The van der Waals surface area contributed by atoms with E-state index in [1.165, 1.54) is 0 Å². The molecule has 8 rings (SSSR count). The summed E-state index contributed by atoms with van der Waals surface area (Å²) < 4.78 is 0. The molecule has 0 aliphatic heterocycles. The maximum atomic E-state index is 9.02. The average Bonchev–Trinajstić information content (AvgIpc) is 3.26. The zero-order chi connectivity index (χ0) is 37.8. The van der Waals surface area contributed by atoms with Crippen LogP contribution in [-0.4, -0.2) is 50.1 Å². The minimum Gasteiger partial charge on any atom is -0.392 e. The first kappa shape index (κ1) is 41.5. The van der Waals surface area contributed by atoms with Gasteiger partial charge in [0, 0.05) is 49.6 Å². The Hall–Kier alpha value is -6.26. The average molecular weight is 814 g/mol. The van der Waals surface area contributed by atoms with Gasteiger partial charge in [-0.2, -0.15) is 0 Å². The second-order valence-electron chi connectivity index (χ2n) is 11.7. The molecule has 8 aromatic rings. The van der Waals surface area contributed by atoms with Gasteiger partial charge in [0.15, 0.2) is 0 Å². The monoisotopic (exact) mass is 814 g/mol. The molecule has 0 saturated heterocycles. The van der Waals surface area contributed by atoms with Crippen LogP contribution < -0.4 is 0 Å². The van der Waals surface area contributed by atoms with Crippen molar-refractivity contribution in [3.05, 3.63) is 193 Å². The number of aryl methyl sites for hydroxylation is 2. The predicted octanol–water partition coefficient (Wildman–Crippen LogP) is 8.17. The van der Waals surface area contributed by atoms with Gasteiger partial charge in [-0.1, -0.05) is 24.3 Å². The Balaban J connectivity index is 0.000000163. The van der Waals surface area contributed by atoms with Gasteiger partial charge in [-0.15, -0.1) is 0 Å². The van der Waals surface area contributed by atoms with E-state index in [4.69, 9.17) is 10.2 Å². The summed E-state index contributed by atoms with van der Waals surface area (Å²) in [5.74, 6) is 0. The maximum absolute atomic E-state index is 9.02. The van der Waals surface area contributed by atoms with E-state index in [1.54, 1.807) is 61.7 Å². The molecule has 8 heterocycles.